The second kappa shape index (κ2) is 12.2. The van der Waals surface area contributed by atoms with E-state index in [0.29, 0.717) is 51.1 Å². The summed E-state index contributed by atoms with van der Waals surface area (Å²) in [7, 11) is 0. The van der Waals surface area contributed by atoms with Crippen molar-refractivity contribution in [3.05, 3.63) is 47.5 Å². The van der Waals surface area contributed by atoms with E-state index in [2.05, 4.69) is 23.7 Å². The first kappa shape index (κ1) is 25.2. The van der Waals surface area contributed by atoms with Gasteiger partial charge in [0, 0.05) is 5.56 Å². The summed E-state index contributed by atoms with van der Waals surface area (Å²) >= 11 is 0. The molecule has 7 nitrogen and oxygen atoms in total. The molecule has 0 spiro atoms. The highest BCUT2D eigenvalue weighted by atomic mass is 16.6. The van der Waals surface area contributed by atoms with Gasteiger partial charge in [-0.05, 0) is 34.9 Å². The molecule has 190 valence electrons. The predicted molar refractivity (Wildman–Crippen MR) is 136 cm³/mol. The van der Waals surface area contributed by atoms with Crippen LogP contribution in [-0.4, -0.2) is 71.2 Å². The molecule has 3 saturated heterocycles. The first-order chi connectivity index (χ1) is 18.2. The number of hydrogen-bond donors (Lipinski definition) is 0. The van der Waals surface area contributed by atoms with Gasteiger partial charge < -0.3 is 33.2 Å². The Morgan fingerprint density at radius 1 is 0.946 bits per heavy atom. The van der Waals surface area contributed by atoms with E-state index in [4.69, 9.17) is 46.0 Å². The van der Waals surface area contributed by atoms with Crippen molar-refractivity contribution < 1.29 is 33.2 Å². The van der Waals surface area contributed by atoms with E-state index in [-0.39, 0.29) is 24.9 Å². The number of terminal acetylenes is 2. The van der Waals surface area contributed by atoms with Gasteiger partial charge in [0.05, 0.1) is 46.2 Å². The Balaban J connectivity index is 1.32. The first-order valence-electron chi connectivity index (χ1n) is 12.2. The van der Waals surface area contributed by atoms with E-state index in [1.165, 1.54) is 0 Å². The molecule has 3 atom stereocenters. The maximum absolute atomic E-state index is 5.99. The van der Waals surface area contributed by atoms with Crippen molar-refractivity contribution in [2.45, 2.75) is 24.4 Å². The van der Waals surface area contributed by atoms with Crippen LogP contribution in [0, 0.1) is 36.5 Å². The molecule has 3 aliphatic rings. The average Bonchev–Trinajstić information content (AvgIpc) is 3.81. The Morgan fingerprint density at radius 2 is 1.76 bits per heavy atom. The quantitative estimate of drug-likeness (QED) is 0.252. The second-order valence-electron chi connectivity index (χ2n) is 8.77. The summed E-state index contributed by atoms with van der Waals surface area (Å²) in [5, 5.41) is 0. The zero-order valence-corrected chi connectivity index (χ0v) is 20.4. The van der Waals surface area contributed by atoms with Gasteiger partial charge in [0.1, 0.15) is 24.9 Å². The molecule has 3 aliphatic heterocycles. The van der Waals surface area contributed by atoms with Crippen LogP contribution in [0.3, 0.4) is 0 Å². The molecule has 5 rings (SSSR count). The van der Waals surface area contributed by atoms with E-state index in [1.807, 2.05) is 36.4 Å². The molecule has 0 saturated carbocycles. The molecule has 0 radical (unpaired) electrons. The maximum atomic E-state index is 5.99. The first-order valence-corrected chi connectivity index (χ1v) is 12.2. The van der Waals surface area contributed by atoms with Gasteiger partial charge in [0.2, 0.25) is 0 Å². The molecule has 37 heavy (non-hydrogen) atoms. The number of benzene rings is 2. The summed E-state index contributed by atoms with van der Waals surface area (Å²) in [6.45, 7) is 4.07. The smallest absolute Gasteiger partial charge is 0.179 e. The standard InChI is InChI=1S/C30H28O7/c1-3-11-34-29-15-22(7-10-28(29)37-26-17-32-18-26)21-6-9-27(30-20-36-30)23(14-21)5-8-24(4-2)33-13-12-31-16-25-19-35-25/h1-2,6-7,9-10,14-15,24-26,30H,11-13,16-20H2. The Hall–Kier alpha value is -3.48. The van der Waals surface area contributed by atoms with Gasteiger partial charge in [0.25, 0.3) is 0 Å². The average molecular weight is 501 g/mol. The number of rotatable bonds is 12. The molecule has 2 aromatic rings. The minimum atomic E-state index is -0.645. The highest BCUT2D eigenvalue weighted by molar-refractivity contribution is 5.70. The fourth-order valence-corrected chi connectivity index (χ4v) is 3.71. The van der Waals surface area contributed by atoms with Crippen molar-refractivity contribution in [1.82, 2.24) is 0 Å². The lowest BCUT2D eigenvalue weighted by Gasteiger charge is -2.27. The largest absolute Gasteiger partial charge is 0.482 e. The lowest BCUT2D eigenvalue weighted by Crippen LogP contribution is -2.38. The normalized spacial score (nSPS) is 20.4. The van der Waals surface area contributed by atoms with Crippen LogP contribution in [0.5, 0.6) is 11.5 Å². The third-order valence-electron chi connectivity index (χ3n) is 5.93. The number of epoxide rings is 2. The molecule has 3 heterocycles. The fourth-order valence-electron chi connectivity index (χ4n) is 3.71. The van der Waals surface area contributed by atoms with Crippen LogP contribution >= 0.6 is 0 Å². The summed E-state index contributed by atoms with van der Waals surface area (Å²) < 4.78 is 38.8. The third kappa shape index (κ3) is 7.06. The topological polar surface area (TPSA) is 71.2 Å². The highest BCUT2D eigenvalue weighted by Gasteiger charge is 2.27. The molecule has 0 N–H and O–H groups in total. The van der Waals surface area contributed by atoms with E-state index >= 15 is 0 Å². The van der Waals surface area contributed by atoms with Crippen LogP contribution in [0.15, 0.2) is 36.4 Å². The SMILES string of the molecule is C#CCOc1cc(-c2ccc(C3CO3)c(C#CC(C#C)OCCOCC3CO3)c2)ccc1OC1COC1. The molecule has 3 fully saturated rings. The van der Waals surface area contributed by atoms with Gasteiger partial charge in [0.15, 0.2) is 17.6 Å². The lowest BCUT2D eigenvalue weighted by molar-refractivity contribution is -0.0804. The van der Waals surface area contributed by atoms with E-state index in [1.54, 1.807) is 0 Å². The molecule has 0 amide bonds. The van der Waals surface area contributed by atoms with Gasteiger partial charge in [-0.2, -0.15) is 0 Å². The van der Waals surface area contributed by atoms with Gasteiger partial charge in [-0.1, -0.05) is 41.9 Å². The Bertz CT molecular complexity index is 1230. The minimum Gasteiger partial charge on any atom is -0.482 e. The van der Waals surface area contributed by atoms with Gasteiger partial charge in [-0.25, -0.2) is 0 Å². The monoisotopic (exact) mass is 500 g/mol. The molecule has 0 aliphatic carbocycles. The summed E-state index contributed by atoms with van der Waals surface area (Å²) in [5.74, 6) is 12.6. The molecular formula is C30H28O7. The molecular weight excluding hydrogens is 472 g/mol. The summed E-state index contributed by atoms with van der Waals surface area (Å²) in [6.07, 6.45) is 10.7. The van der Waals surface area contributed by atoms with Crippen molar-refractivity contribution in [1.29, 1.82) is 0 Å². The third-order valence-corrected chi connectivity index (χ3v) is 5.93. The second-order valence-corrected chi connectivity index (χ2v) is 8.77. The number of hydrogen-bond acceptors (Lipinski definition) is 7. The molecule has 0 bridgehead atoms. The highest BCUT2D eigenvalue weighted by Crippen LogP contribution is 2.37. The maximum Gasteiger partial charge on any atom is 0.179 e. The predicted octanol–water partition coefficient (Wildman–Crippen LogP) is 3.00. The minimum absolute atomic E-state index is 0.0174. The van der Waals surface area contributed by atoms with Gasteiger partial charge in [-0.3, -0.25) is 0 Å². The Morgan fingerprint density at radius 3 is 2.46 bits per heavy atom. The van der Waals surface area contributed by atoms with Crippen molar-refractivity contribution in [2.75, 3.05) is 52.9 Å². The summed E-state index contributed by atoms with van der Waals surface area (Å²) in [6, 6.07) is 11.9. The number of ether oxygens (including phenoxy) is 7. The van der Waals surface area contributed by atoms with Crippen LogP contribution in [0.1, 0.15) is 17.2 Å². The van der Waals surface area contributed by atoms with Gasteiger partial charge >= 0.3 is 0 Å². The van der Waals surface area contributed by atoms with E-state index in [9.17, 15) is 0 Å². The van der Waals surface area contributed by atoms with Crippen LogP contribution in [-0.2, 0) is 23.7 Å². The van der Waals surface area contributed by atoms with Crippen molar-refractivity contribution in [3.63, 3.8) is 0 Å². The van der Waals surface area contributed by atoms with Crippen molar-refractivity contribution in [2.24, 2.45) is 0 Å². The van der Waals surface area contributed by atoms with Gasteiger partial charge in [-0.15, -0.1) is 12.8 Å². The van der Waals surface area contributed by atoms with Crippen LogP contribution in [0.2, 0.25) is 0 Å². The fraction of sp³-hybridized carbons (Fsp3) is 0.400. The molecule has 0 aromatic heterocycles. The Kier molecular flexibility index (Phi) is 8.28. The van der Waals surface area contributed by atoms with Crippen LogP contribution < -0.4 is 9.47 Å². The lowest BCUT2D eigenvalue weighted by atomic mass is 9.97. The summed E-state index contributed by atoms with van der Waals surface area (Å²) in [4.78, 5) is 0. The van der Waals surface area contributed by atoms with Crippen molar-refractivity contribution in [3.8, 4) is 59.2 Å². The van der Waals surface area contributed by atoms with Crippen LogP contribution in [0.25, 0.3) is 11.1 Å². The van der Waals surface area contributed by atoms with E-state index < -0.39 is 6.10 Å². The molecule has 2 aromatic carbocycles. The van der Waals surface area contributed by atoms with Crippen molar-refractivity contribution >= 4 is 0 Å². The zero-order valence-electron chi connectivity index (χ0n) is 20.4. The molecule has 7 heteroatoms. The van der Waals surface area contributed by atoms with Crippen LogP contribution in [0.4, 0.5) is 0 Å². The van der Waals surface area contributed by atoms with E-state index in [0.717, 1.165) is 28.9 Å². The summed E-state index contributed by atoms with van der Waals surface area (Å²) in [5.41, 5.74) is 3.77. The zero-order chi connectivity index (χ0) is 25.5. The molecule has 3 unspecified atom stereocenters. The Labute approximate surface area is 217 Å².